The van der Waals surface area contributed by atoms with Gasteiger partial charge in [0.2, 0.25) is 0 Å². The monoisotopic (exact) mass is 413 g/mol. The van der Waals surface area contributed by atoms with Crippen molar-refractivity contribution in [1.29, 1.82) is 0 Å². The minimum absolute atomic E-state index is 0.0317. The summed E-state index contributed by atoms with van der Waals surface area (Å²) in [6.45, 7) is 6.01. The lowest BCUT2D eigenvalue weighted by Gasteiger charge is -2.18. The summed E-state index contributed by atoms with van der Waals surface area (Å²) in [6, 6.07) is 11.5. The van der Waals surface area contributed by atoms with Crippen molar-refractivity contribution < 1.29 is 13.2 Å². The van der Waals surface area contributed by atoms with Crippen LogP contribution in [0.2, 0.25) is 0 Å². The van der Waals surface area contributed by atoms with E-state index in [4.69, 9.17) is 0 Å². The van der Waals surface area contributed by atoms with Crippen molar-refractivity contribution in [3.05, 3.63) is 59.2 Å². The summed E-state index contributed by atoms with van der Waals surface area (Å²) in [5.41, 5.74) is 6.20. The van der Waals surface area contributed by atoms with E-state index in [0.29, 0.717) is 11.6 Å². The lowest BCUT2D eigenvalue weighted by molar-refractivity contribution is 0.0954. The Morgan fingerprint density at radius 1 is 1.07 bits per heavy atom. The van der Waals surface area contributed by atoms with Gasteiger partial charge in [-0.3, -0.25) is 9.52 Å². The molecule has 2 N–H and O–H groups in total. The number of aryl methyl sites for hydroxylation is 2. The molecular formula is C22H27N3O3S. The van der Waals surface area contributed by atoms with Crippen molar-refractivity contribution in [2.75, 3.05) is 4.72 Å². The normalized spacial score (nSPS) is 16.9. The maximum absolute atomic E-state index is 12.8. The highest BCUT2D eigenvalue weighted by molar-refractivity contribution is 7.92. The van der Waals surface area contributed by atoms with Gasteiger partial charge < -0.3 is 0 Å². The fraction of sp³-hybridized carbons (Fsp3) is 0.364. The summed E-state index contributed by atoms with van der Waals surface area (Å²) in [7, 11) is -3.81. The first-order chi connectivity index (χ1) is 13.7. The zero-order valence-electron chi connectivity index (χ0n) is 17.0. The summed E-state index contributed by atoms with van der Waals surface area (Å²) in [5, 5.41) is 4.23. The minimum atomic E-state index is -3.81. The fourth-order valence-electron chi connectivity index (χ4n) is 3.34. The van der Waals surface area contributed by atoms with Gasteiger partial charge in [0.1, 0.15) is 0 Å². The number of hydrazone groups is 1. The standard InChI is InChI=1S/C22H27N3O3S/c1-15-7-10-19(11-8-15)23-24-22(26)18-5-4-6-20(14-18)29(27,28)25-21-12-9-16(2)13-17(21)3/h4-6,9,12-15,25H,7-8,10-11H2,1-3H3,(H,24,26). The summed E-state index contributed by atoms with van der Waals surface area (Å²) in [6.07, 6.45) is 3.92. The molecule has 7 heteroatoms. The van der Waals surface area contributed by atoms with Gasteiger partial charge in [-0.1, -0.05) is 30.7 Å². The smallest absolute Gasteiger partial charge is 0.271 e. The van der Waals surface area contributed by atoms with Crippen LogP contribution in [-0.4, -0.2) is 20.0 Å². The van der Waals surface area contributed by atoms with E-state index < -0.39 is 15.9 Å². The Kier molecular flexibility index (Phi) is 6.37. The molecule has 0 heterocycles. The van der Waals surface area contributed by atoms with Gasteiger partial charge in [-0.05, 0) is 75.3 Å². The summed E-state index contributed by atoms with van der Waals surface area (Å²) in [5.74, 6) is 0.274. The Balaban J connectivity index is 1.74. The quantitative estimate of drug-likeness (QED) is 0.712. The van der Waals surface area contributed by atoms with E-state index in [1.807, 2.05) is 26.0 Å². The van der Waals surface area contributed by atoms with Crippen molar-refractivity contribution in [3.8, 4) is 0 Å². The molecule has 3 rings (SSSR count). The molecule has 0 saturated heterocycles. The van der Waals surface area contributed by atoms with E-state index in [1.54, 1.807) is 18.2 Å². The van der Waals surface area contributed by atoms with E-state index in [1.165, 1.54) is 12.1 Å². The Morgan fingerprint density at radius 2 is 1.79 bits per heavy atom. The summed E-state index contributed by atoms with van der Waals surface area (Å²) in [4.78, 5) is 12.5. The molecule has 0 atom stereocenters. The molecule has 0 unspecified atom stereocenters. The second-order valence-electron chi connectivity index (χ2n) is 7.75. The van der Waals surface area contributed by atoms with Gasteiger partial charge in [-0.2, -0.15) is 5.10 Å². The number of hydrogen-bond donors (Lipinski definition) is 2. The minimum Gasteiger partial charge on any atom is -0.279 e. The molecule has 154 valence electrons. The van der Waals surface area contributed by atoms with Gasteiger partial charge in [0, 0.05) is 11.3 Å². The fourth-order valence-corrected chi connectivity index (χ4v) is 4.51. The number of nitrogens with zero attached hydrogens (tertiary/aromatic N) is 1. The largest absolute Gasteiger partial charge is 0.279 e. The van der Waals surface area contributed by atoms with Crippen molar-refractivity contribution in [3.63, 3.8) is 0 Å². The zero-order valence-corrected chi connectivity index (χ0v) is 17.8. The maximum Gasteiger partial charge on any atom is 0.271 e. The van der Waals surface area contributed by atoms with Crippen molar-refractivity contribution in [2.45, 2.75) is 51.3 Å². The van der Waals surface area contributed by atoms with Gasteiger partial charge >= 0.3 is 0 Å². The second-order valence-corrected chi connectivity index (χ2v) is 9.44. The number of carbonyl (C=O) groups is 1. The molecule has 2 aromatic rings. The Labute approximate surface area is 172 Å². The zero-order chi connectivity index (χ0) is 21.0. The third kappa shape index (κ3) is 5.44. The van der Waals surface area contributed by atoms with E-state index in [2.05, 4.69) is 22.2 Å². The van der Waals surface area contributed by atoms with Crippen LogP contribution in [0.25, 0.3) is 0 Å². The van der Waals surface area contributed by atoms with Crippen molar-refractivity contribution >= 4 is 27.3 Å². The van der Waals surface area contributed by atoms with Crippen LogP contribution in [0, 0.1) is 19.8 Å². The van der Waals surface area contributed by atoms with Gasteiger partial charge in [-0.25, -0.2) is 13.8 Å². The van der Waals surface area contributed by atoms with Gasteiger partial charge in [0.15, 0.2) is 0 Å². The highest BCUT2D eigenvalue weighted by atomic mass is 32.2. The maximum atomic E-state index is 12.8. The lowest BCUT2D eigenvalue weighted by atomic mass is 9.90. The molecule has 1 fully saturated rings. The molecule has 1 aliphatic carbocycles. The molecular weight excluding hydrogens is 386 g/mol. The van der Waals surface area contributed by atoms with Crippen molar-refractivity contribution in [2.24, 2.45) is 11.0 Å². The van der Waals surface area contributed by atoms with Crippen LogP contribution in [-0.2, 0) is 10.0 Å². The van der Waals surface area contributed by atoms with Gasteiger partial charge in [0.05, 0.1) is 10.6 Å². The highest BCUT2D eigenvalue weighted by Gasteiger charge is 2.18. The van der Waals surface area contributed by atoms with Gasteiger partial charge in [0.25, 0.3) is 15.9 Å². The Hall–Kier alpha value is -2.67. The lowest BCUT2D eigenvalue weighted by Crippen LogP contribution is -2.22. The molecule has 1 saturated carbocycles. The third-order valence-electron chi connectivity index (χ3n) is 5.20. The number of benzene rings is 2. The molecule has 0 aliphatic heterocycles. The van der Waals surface area contributed by atoms with Crippen LogP contribution in [0.15, 0.2) is 52.5 Å². The summed E-state index contributed by atoms with van der Waals surface area (Å²) >= 11 is 0. The topological polar surface area (TPSA) is 87.6 Å². The van der Waals surface area contributed by atoms with E-state index in [-0.39, 0.29) is 10.5 Å². The van der Waals surface area contributed by atoms with E-state index in [9.17, 15) is 13.2 Å². The van der Waals surface area contributed by atoms with Crippen LogP contribution in [0.1, 0.15) is 54.1 Å². The molecule has 29 heavy (non-hydrogen) atoms. The molecule has 0 aromatic heterocycles. The number of sulfonamides is 1. The average Bonchev–Trinajstić information content (AvgIpc) is 2.69. The van der Waals surface area contributed by atoms with E-state index >= 15 is 0 Å². The first-order valence-corrected chi connectivity index (χ1v) is 11.3. The third-order valence-corrected chi connectivity index (χ3v) is 6.56. The van der Waals surface area contributed by atoms with Crippen LogP contribution >= 0.6 is 0 Å². The molecule has 0 bridgehead atoms. The van der Waals surface area contributed by atoms with Crippen molar-refractivity contribution in [1.82, 2.24) is 5.43 Å². The Morgan fingerprint density at radius 3 is 2.48 bits per heavy atom. The van der Waals surface area contributed by atoms with Crippen LogP contribution in [0.5, 0.6) is 0 Å². The van der Waals surface area contributed by atoms with E-state index in [0.717, 1.165) is 42.5 Å². The number of anilines is 1. The number of amides is 1. The number of nitrogens with one attached hydrogen (secondary N) is 2. The van der Waals surface area contributed by atoms with Gasteiger partial charge in [-0.15, -0.1) is 0 Å². The SMILES string of the molecule is Cc1ccc(NS(=O)(=O)c2cccc(C(=O)NN=C3CCC(C)CC3)c2)c(C)c1. The average molecular weight is 414 g/mol. The molecule has 0 radical (unpaired) electrons. The van der Waals surface area contributed by atoms with Crippen LogP contribution in [0.4, 0.5) is 5.69 Å². The molecule has 0 spiro atoms. The first kappa shape index (κ1) is 21.0. The molecule has 6 nitrogen and oxygen atoms in total. The Bertz CT molecular complexity index is 1040. The molecule has 1 aliphatic rings. The van der Waals surface area contributed by atoms with Crippen LogP contribution in [0.3, 0.4) is 0 Å². The molecule has 1 amide bonds. The number of carbonyl (C=O) groups excluding carboxylic acids is 1. The molecule has 2 aromatic carbocycles. The number of rotatable bonds is 5. The van der Waals surface area contributed by atoms with Crippen LogP contribution < -0.4 is 10.1 Å². The highest BCUT2D eigenvalue weighted by Crippen LogP contribution is 2.22. The second kappa shape index (κ2) is 8.78. The number of hydrogen-bond acceptors (Lipinski definition) is 4. The predicted molar refractivity (Wildman–Crippen MR) is 116 cm³/mol. The predicted octanol–water partition coefficient (Wildman–Crippen LogP) is 4.40. The summed E-state index contributed by atoms with van der Waals surface area (Å²) < 4.78 is 28.2. The first-order valence-electron chi connectivity index (χ1n) is 9.80.